The molecule has 2 amide bonds. The zero-order chi connectivity index (χ0) is 14.3. The summed E-state index contributed by atoms with van der Waals surface area (Å²) in [6, 6.07) is 8.41. The third-order valence-corrected chi connectivity index (χ3v) is 2.52. The Morgan fingerprint density at radius 3 is 2.42 bits per heavy atom. The summed E-state index contributed by atoms with van der Waals surface area (Å²) in [5.41, 5.74) is 1.49. The van der Waals surface area contributed by atoms with Crippen molar-refractivity contribution in [3.8, 4) is 0 Å². The molecule has 1 atom stereocenters. The number of amides is 2. The maximum Gasteiger partial charge on any atom is 0.315 e. The summed E-state index contributed by atoms with van der Waals surface area (Å²) >= 11 is 0. The van der Waals surface area contributed by atoms with Gasteiger partial charge in [-0.25, -0.2) is 4.79 Å². The number of nitrogens with one attached hydrogen (secondary N) is 2. The van der Waals surface area contributed by atoms with Crippen molar-refractivity contribution in [1.29, 1.82) is 0 Å². The van der Waals surface area contributed by atoms with E-state index in [2.05, 4.69) is 17.2 Å². The maximum atomic E-state index is 11.4. The molecule has 3 N–H and O–H groups in total. The van der Waals surface area contributed by atoms with Gasteiger partial charge in [0, 0.05) is 13.1 Å². The highest BCUT2D eigenvalue weighted by Crippen LogP contribution is 2.14. The molecule has 5 nitrogen and oxygen atoms in total. The second kappa shape index (κ2) is 7.20. The first-order chi connectivity index (χ1) is 9.00. The van der Waals surface area contributed by atoms with Gasteiger partial charge >= 0.3 is 12.0 Å². The lowest BCUT2D eigenvalue weighted by atomic mass is 9.99. The molecule has 102 valence electrons. The predicted octanol–water partition coefficient (Wildman–Crippen LogP) is 1.73. The van der Waals surface area contributed by atoms with Crippen LogP contribution in [0.25, 0.3) is 0 Å². The van der Waals surface area contributed by atoms with Crippen LogP contribution in [-0.2, 0) is 4.79 Å². The highest BCUT2D eigenvalue weighted by Gasteiger charge is 2.20. The molecule has 0 fully saturated rings. The SMILES string of the molecule is C=C(C)CNC(=O)NCC(C(=O)O)c1ccccc1. The zero-order valence-electron chi connectivity index (χ0n) is 10.8. The molecule has 0 spiro atoms. The largest absolute Gasteiger partial charge is 0.481 e. The summed E-state index contributed by atoms with van der Waals surface area (Å²) < 4.78 is 0. The van der Waals surface area contributed by atoms with Crippen molar-refractivity contribution in [2.75, 3.05) is 13.1 Å². The van der Waals surface area contributed by atoms with Gasteiger partial charge in [-0.15, -0.1) is 0 Å². The number of benzene rings is 1. The van der Waals surface area contributed by atoms with E-state index in [4.69, 9.17) is 0 Å². The van der Waals surface area contributed by atoms with Crippen molar-refractivity contribution >= 4 is 12.0 Å². The van der Waals surface area contributed by atoms with Crippen LogP contribution in [0.1, 0.15) is 18.4 Å². The highest BCUT2D eigenvalue weighted by atomic mass is 16.4. The van der Waals surface area contributed by atoms with Crippen LogP contribution in [0.4, 0.5) is 4.79 Å². The lowest BCUT2D eigenvalue weighted by Gasteiger charge is -2.14. The van der Waals surface area contributed by atoms with Crippen molar-refractivity contribution in [2.45, 2.75) is 12.8 Å². The number of aliphatic carboxylic acids is 1. The highest BCUT2D eigenvalue weighted by molar-refractivity contribution is 5.79. The molecule has 0 aliphatic heterocycles. The summed E-state index contributed by atoms with van der Waals surface area (Å²) in [5.74, 6) is -1.72. The Balaban J connectivity index is 2.54. The molecule has 19 heavy (non-hydrogen) atoms. The minimum atomic E-state index is -0.966. The average molecular weight is 262 g/mol. The van der Waals surface area contributed by atoms with Crippen LogP contribution in [0.3, 0.4) is 0 Å². The lowest BCUT2D eigenvalue weighted by Crippen LogP contribution is -2.39. The summed E-state index contributed by atoms with van der Waals surface area (Å²) in [5, 5.41) is 14.3. The lowest BCUT2D eigenvalue weighted by molar-refractivity contribution is -0.138. The minimum absolute atomic E-state index is 0.0430. The van der Waals surface area contributed by atoms with Gasteiger partial charge in [-0.2, -0.15) is 0 Å². The molecular weight excluding hydrogens is 244 g/mol. The monoisotopic (exact) mass is 262 g/mol. The third kappa shape index (κ3) is 5.25. The number of rotatable bonds is 6. The summed E-state index contributed by atoms with van der Waals surface area (Å²) in [4.78, 5) is 22.6. The van der Waals surface area contributed by atoms with Crippen LogP contribution in [0.15, 0.2) is 42.5 Å². The topological polar surface area (TPSA) is 78.4 Å². The van der Waals surface area contributed by atoms with Crippen molar-refractivity contribution in [1.82, 2.24) is 10.6 Å². The molecule has 0 saturated heterocycles. The fourth-order valence-corrected chi connectivity index (χ4v) is 1.52. The summed E-state index contributed by atoms with van der Waals surface area (Å²) in [6.07, 6.45) is 0. The van der Waals surface area contributed by atoms with Crippen LogP contribution in [0.2, 0.25) is 0 Å². The molecule has 0 aliphatic rings. The average Bonchev–Trinajstić information content (AvgIpc) is 2.37. The van der Waals surface area contributed by atoms with Crippen LogP contribution < -0.4 is 10.6 Å². The molecule has 0 aliphatic carbocycles. The Bertz CT molecular complexity index is 457. The Hall–Kier alpha value is -2.30. The van der Waals surface area contributed by atoms with E-state index < -0.39 is 17.9 Å². The molecule has 0 heterocycles. The van der Waals surface area contributed by atoms with E-state index in [1.54, 1.807) is 31.2 Å². The quantitative estimate of drug-likeness (QED) is 0.683. The number of carbonyl (C=O) groups excluding carboxylic acids is 1. The van der Waals surface area contributed by atoms with Gasteiger partial charge in [0.15, 0.2) is 0 Å². The number of urea groups is 1. The normalized spacial score (nSPS) is 11.4. The molecule has 1 unspecified atom stereocenters. The molecular formula is C14H18N2O3. The first-order valence-electron chi connectivity index (χ1n) is 5.94. The standard InChI is InChI=1S/C14H18N2O3/c1-10(2)8-15-14(19)16-9-12(13(17)18)11-6-4-3-5-7-11/h3-7,12H,1,8-9H2,2H3,(H,17,18)(H2,15,16,19). The van der Waals surface area contributed by atoms with Crippen LogP contribution in [0, 0.1) is 0 Å². The van der Waals surface area contributed by atoms with Crippen molar-refractivity contribution in [3.63, 3.8) is 0 Å². The molecule has 1 aromatic carbocycles. The molecule has 5 heteroatoms. The number of carbonyl (C=O) groups is 2. The van der Waals surface area contributed by atoms with Crippen molar-refractivity contribution in [3.05, 3.63) is 48.0 Å². The van der Waals surface area contributed by atoms with Gasteiger partial charge in [-0.05, 0) is 12.5 Å². The van der Waals surface area contributed by atoms with E-state index in [1.165, 1.54) is 0 Å². The van der Waals surface area contributed by atoms with Crippen LogP contribution in [-0.4, -0.2) is 30.2 Å². The van der Waals surface area contributed by atoms with Crippen molar-refractivity contribution in [2.24, 2.45) is 0 Å². The number of carboxylic acids is 1. The molecule has 1 aromatic rings. The van der Waals surface area contributed by atoms with Gasteiger partial charge in [0.05, 0.1) is 5.92 Å². The Kier molecular flexibility index (Phi) is 5.60. The Labute approximate surface area is 112 Å². The third-order valence-electron chi connectivity index (χ3n) is 2.52. The minimum Gasteiger partial charge on any atom is -0.481 e. The maximum absolute atomic E-state index is 11.4. The van der Waals surface area contributed by atoms with E-state index in [9.17, 15) is 14.7 Å². The van der Waals surface area contributed by atoms with E-state index >= 15 is 0 Å². The smallest absolute Gasteiger partial charge is 0.315 e. The van der Waals surface area contributed by atoms with Crippen LogP contribution >= 0.6 is 0 Å². The fraction of sp³-hybridized carbons (Fsp3) is 0.286. The van der Waals surface area contributed by atoms with E-state index in [0.717, 1.165) is 5.57 Å². The first kappa shape index (κ1) is 14.8. The second-order valence-corrected chi connectivity index (χ2v) is 4.32. The van der Waals surface area contributed by atoms with Gasteiger partial charge < -0.3 is 15.7 Å². The van der Waals surface area contributed by atoms with E-state index in [1.807, 2.05) is 6.07 Å². The van der Waals surface area contributed by atoms with Gasteiger partial charge in [0.1, 0.15) is 0 Å². The van der Waals surface area contributed by atoms with Crippen LogP contribution in [0.5, 0.6) is 0 Å². The second-order valence-electron chi connectivity index (χ2n) is 4.32. The fourth-order valence-electron chi connectivity index (χ4n) is 1.52. The predicted molar refractivity (Wildman–Crippen MR) is 73.0 cm³/mol. The zero-order valence-corrected chi connectivity index (χ0v) is 10.8. The number of hydrogen-bond donors (Lipinski definition) is 3. The number of carboxylic acid groups (broad SMARTS) is 1. The van der Waals surface area contributed by atoms with Crippen molar-refractivity contribution < 1.29 is 14.7 Å². The molecule has 1 rings (SSSR count). The Morgan fingerprint density at radius 1 is 1.26 bits per heavy atom. The van der Waals surface area contributed by atoms with Gasteiger partial charge in [0.25, 0.3) is 0 Å². The summed E-state index contributed by atoms with van der Waals surface area (Å²) in [7, 11) is 0. The van der Waals surface area contributed by atoms with Gasteiger partial charge in [0.2, 0.25) is 0 Å². The van der Waals surface area contributed by atoms with Gasteiger partial charge in [-0.1, -0.05) is 42.5 Å². The van der Waals surface area contributed by atoms with E-state index in [-0.39, 0.29) is 6.54 Å². The van der Waals surface area contributed by atoms with E-state index in [0.29, 0.717) is 12.1 Å². The first-order valence-corrected chi connectivity index (χ1v) is 5.94. The van der Waals surface area contributed by atoms with Gasteiger partial charge in [-0.3, -0.25) is 4.79 Å². The molecule has 0 saturated carbocycles. The number of hydrogen-bond acceptors (Lipinski definition) is 2. The summed E-state index contributed by atoms with van der Waals surface area (Å²) in [6.45, 7) is 5.87. The Morgan fingerprint density at radius 2 is 1.89 bits per heavy atom. The molecule has 0 bridgehead atoms. The molecule has 0 aromatic heterocycles. The molecule has 0 radical (unpaired) electrons.